The van der Waals surface area contributed by atoms with E-state index in [-0.39, 0.29) is 5.69 Å². The Balaban J connectivity index is 1.65. The smallest absolute Gasteiger partial charge is 0.416 e. The van der Waals surface area contributed by atoms with Gasteiger partial charge in [0, 0.05) is 4.47 Å². The number of hydrogen-bond donors (Lipinski definition) is 1. The van der Waals surface area contributed by atoms with Crippen molar-refractivity contribution < 1.29 is 22.6 Å². The molecule has 0 heterocycles. The Kier molecular flexibility index (Phi) is 6.99. The molecule has 30 heavy (non-hydrogen) atoms. The molecular formula is C22H18BrF3N2O2. The fraction of sp³-hybridized carbons (Fsp3) is 0.136. The van der Waals surface area contributed by atoms with Crippen LogP contribution in [0.2, 0.25) is 0 Å². The third-order valence-corrected chi connectivity index (χ3v) is 4.62. The third kappa shape index (κ3) is 6.00. The number of anilines is 1. The maximum absolute atomic E-state index is 12.8. The first kappa shape index (κ1) is 21.7. The van der Waals surface area contributed by atoms with Gasteiger partial charge in [-0.1, -0.05) is 34.1 Å². The molecule has 0 unspecified atom stereocenters. The number of hydrazone groups is 1. The molecule has 0 aliphatic heterocycles. The van der Waals surface area contributed by atoms with Crippen molar-refractivity contribution in [2.45, 2.75) is 12.8 Å². The van der Waals surface area contributed by atoms with Crippen LogP contribution in [0.3, 0.4) is 0 Å². The first-order valence-corrected chi connectivity index (χ1v) is 9.66. The molecule has 0 fully saturated rings. The van der Waals surface area contributed by atoms with E-state index in [1.54, 1.807) is 18.2 Å². The minimum Gasteiger partial charge on any atom is -0.493 e. The Morgan fingerprint density at radius 3 is 2.47 bits per heavy atom. The molecular weight excluding hydrogens is 461 g/mol. The Morgan fingerprint density at radius 1 is 1.00 bits per heavy atom. The Hall–Kier alpha value is -3.00. The van der Waals surface area contributed by atoms with E-state index in [0.717, 1.165) is 22.2 Å². The second-order valence-corrected chi connectivity index (χ2v) is 7.19. The van der Waals surface area contributed by atoms with Crippen LogP contribution in [0.25, 0.3) is 0 Å². The second kappa shape index (κ2) is 9.67. The largest absolute Gasteiger partial charge is 0.493 e. The minimum atomic E-state index is -4.40. The molecule has 0 atom stereocenters. The van der Waals surface area contributed by atoms with E-state index < -0.39 is 11.7 Å². The van der Waals surface area contributed by atoms with Gasteiger partial charge in [-0.2, -0.15) is 18.3 Å². The maximum Gasteiger partial charge on any atom is 0.416 e. The number of nitrogens with zero attached hydrogens (tertiary/aromatic N) is 1. The molecule has 3 aromatic rings. The lowest BCUT2D eigenvalue weighted by Crippen LogP contribution is -2.05. The molecule has 4 nitrogen and oxygen atoms in total. The number of ether oxygens (including phenoxy) is 2. The van der Waals surface area contributed by atoms with Crippen LogP contribution in [0.15, 0.2) is 76.3 Å². The molecule has 0 saturated carbocycles. The predicted molar refractivity (Wildman–Crippen MR) is 114 cm³/mol. The Morgan fingerprint density at radius 2 is 1.77 bits per heavy atom. The topological polar surface area (TPSA) is 42.8 Å². The molecule has 0 aromatic heterocycles. The highest BCUT2D eigenvalue weighted by molar-refractivity contribution is 9.10. The van der Waals surface area contributed by atoms with Crippen molar-refractivity contribution in [1.82, 2.24) is 0 Å². The van der Waals surface area contributed by atoms with E-state index in [0.29, 0.717) is 23.7 Å². The monoisotopic (exact) mass is 478 g/mol. The van der Waals surface area contributed by atoms with Crippen LogP contribution in [0.1, 0.15) is 16.7 Å². The van der Waals surface area contributed by atoms with Gasteiger partial charge in [-0.05, 0) is 59.7 Å². The zero-order valence-corrected chi connectivity index (χ0v) is 17.5. The summed E-state index contributed by atoms with van der Waals surface area (Å²) in [5, 5.41) is 4.00. The fourth-order valence-electron chi connectivity index (χ4n) is 2.57. The zero-order valence-electron chi connectivity index (χ0n) is 15.9. The van der Waals surface area contributed by atoms with E-state index in [4.69, 9.17) is 9.47 Å². The summed E-state index contributed by atoms with van der Waals surface area (Å²) in [5.74, 6) is 1.10. The van der Waals surface area contributed by atoms with Gasteiger partial charge in [0.1, 0.15) is 6.61 Å². The summed E-state index contributed by atoms with van der Waals surface area (Å²) >= 11 is 3.39. The van der Waals surface area contributed by atoms with E-state index in [1.165, 1.54) is 25.5 Å². The van der Waals surface area contributed by atoms with E-state index in [2.05, 4.69) is 26.5 Å². The van der Waals surface area contributed by atoms with Crippen LogP contribution in [0.5, 0.6) is 11.5 Å². The Bertz CT molecular complexity index is 1020. The molecule has 1 N–H and O–H groups in total. The highest BCUT2D eigenvalue weighted by atomic mass is 79.9. The van der Waals surface area contributed by atoms with Gasteiger partial charge >= 0.3 is 6.18 Å². The molecule has 0 aliphatic carbocycles. The van der Waals surface area contributed by atoms with E-state index >= 15 is 0 Å². The van der Waals surface area contributed by atoms with Crippen LogP contribution in [-0.2, 0) is 12.8 Å². The summed E-state index contributed by atoms with van der Waals surface area (Å²) in [6.07, 6.45) is -2.91. The molecule has 0 saturated heterocycles. The summed E-state index contributed by atoms with van der Waals surface area (Å²) in [6, 6.07) is 17.9. The molecule has 3 aromatic carbocycles. The van der Waals surface area contributed by atoms with E-state index in [1.807, 2.05) is 24.3 Å². The quantitative estimate of drug-likeness (QED) is 0.311. The van der Waals surface area contributed by atoms with Crippen molar-refractivity contribution in [2.75, 3.05) is 12.5 Å². The first-order valence-electron chi connectivity index (χ1n) is 8.87. The van der Waals surface area contributed by atoms with Gasteiger partial charge in [0.05, 0.1) is 24.6 Å². The average Bonchev–Trinajstić information content (AvgIpc) is 2.73. The lowest BCUT2D eigenvalue weighted by atomic mass is 10.2. The van der Waals surface area contributed by atoms with Crippen LogP contribution < -0.4 is 14.9 Å². The maximum atomic E-state index is 12.8. The van der Waals surface area contributed by atoms with Gasteiger partial charge in [-0.15, -0.1) is 0 Å². The van der Waals surface area contributed by atoms with Crippen molar-refractivity contribution in [1.29, 1.82) is 0 Å². The van der Waals surface area contributed by atoms with Crippen LogP contribution >= 0.6 is 15.9 Å². The molecule has 8 heteroatoms. The number of rotatable bonds is 7. The van der Waals surface area contributed by atoms with Crippen molar-refractivity contribution in [2.24, 2.45) is 5.10 Å². The second-order valence-electron chi connectivity index (χ2n) is 6.27. The predicted octanol–water partition coefficient (Wildman–Crippen LogP) is 6.50. The van der Waals surface area contributed by atoms with Gasteiger partial charge in [0.2, 0.25) is 0 Å². The lowest BCUT2D eigenvalue weighted by molar-refractivity contribution is -0.137. The summed E-state index contributed by atoms with van der Waals surface area (Å²) in [4.78, 5) is 0. The standard InChI is InChI=1S/C22H18BrF3N2O2/c1-29-21-11-16(7-10-20(21)30-14-15-5-8-18(23)9-6-15)13-27-28-19-4-2-3-17(12-19)22(24,25)26/h2-13,28H,14H2,1H3. The summed E-state index contributed by atoms with van der Waals surface area (Å²) in [5.41, 5.74) is 3.81. The molecule has 0 spiro atoms. The number of hydrogen-bond acceptors (Lipinski definition) is 4. The zero-order chi connectivity index (χ0) is 21.6. The summed E-state index contributed by atoms with van der Waals surface area (Å²) < 4.78 is 50.5. The van der Waals surface area contributed by atoms with Crippen LogP contribution in [-0.4, -0.2) is 13.3 Å². The molecule has 0 bridgehead atoms. The number of methoxy groups -OCH3 is 1. The van der Waals surface area contributed by atoms with Gasteiger partial charge in [0.15, 0.2) is 11.5 Å². The number of benzene rings is 3. The van der Waals surface area contributed by atoms with Crippen molar-refractivity contribution in [3.8, 4) is 11.5 Å². The number of halogens is 4. The van der Waals surface area contributed by atoms with E-state index in [9.17, 15) is 13.2 Å². The molecule has 0 aliphatic rings. The molecule has 0 radical (unpaired) electrons. The fourth-order valence-corrected chi connectivity index (χ4v) is 2.84. The van der Waals surface area contributed by atoms with Gasteiger partial charge in [0.25, 0.3) is 0 Å². The first-order chi connectivity index (χ1) is 14.3. The van der Waals surface area contributed by atoms with Crippen molar-refractivity contribution >= 4 is 27.8 Å². The average molecular weight is 479 g/mol. The minimum absolute atomic E-state index is 0.238. The van der Waals surface area contributed by atoms with Gasteiger partial charge < -0.3 is 9.47 Å². The normalized spacial score (nSPS) is 11.5. The third-order valence-electron chi connectivity index (χ3n) is 4.09. The molecule has 3 rings (SSSR count). The highest BCUT2D eigenvalue weighted by Crippen LogP contribution is 2.31. The Labute approximate surface area is 180 Å². The summed E-state index contributed by atoms with van der Waals surface area (Å²) in [6.45, 7) is 0.383. The van der Waals surface area contributed by atoms with Crippen LogP contribution in [0.4, 0.5) is 18.9 Å². The van der Waals surface area contributed by atoms with Crippen molar-refractivity contribution in [3.05, 3.63) is 87.9 Å². The van der Waals surface area contributed by atoms with Crippen LogP contribution in [0, 0.1) is 0 Å². The van der Waals surface area contributed by atoms with Gasteiger partial charge in [-0.25, -0.2) is 0 Å². The van der Waals surface area contributed by atoms with Crippen molar-refractivity contribution in [3.63, 3.8) is 0 Å². The molecule has 0 amide bonds. The number of alkyl halides is 3. The van der Waals surface area contributed by atoms with Gasteiger partial charge in [-0.3, -0.25) is 5.43 Å². The summed E-state index contributed by atoms with van der Waals surface area (Å²) in [7, 11) is 1.53. The lowest BCUT2D eigenvalue weighted by Gasteiger charge is -2.11. The number of nitrogens with one attached hydrogen (secondary N) is 1. The SMILES string of the molecule is COc1cc(C=NNc2cccc(C(F)(F)F)c2)ccc1OCc1ccc(Br)cc1. The highest BCUT2D eigenvalue weighted by Gasteiger charge is 2.30. The molecule has 156 valence electrons.